The molecule has 0 saturated carbocycles. The van der Waals surface area contributed by atoms with Crippen LogP contribution in [0.15, 0.2) is 29.2 Å². The van der Waals surface area contributed by atoms with Crippen molar-refractivity contribution in [3.05, 3.63) is 29.8 Å². The van der Waals surface area contributed by atoms with E-state index >= 15 is 0 Å². The third-order valence-corrected chi connectivity index (χ3v) is 5.33. The van der Waals surface area contributed by atoms with Crippen LogP contribution in [0.3, 0.4) is 0 Å². The number of hydrogen-bond acceptors (Lipinski definition) is 4. The quantitative estimate of drug-likeness (QED) is 0.898. The summed E-state index contributed by atoms with van der Waals surface area (Å²) in [7, 11) is -0.229. The number of hydrogen-bond donors (Lipinski definition) is 1. The maximum absolute atomic E-state index is 12.1. The summed E-state index contributed by atoms with van der Waals surface area (Å²) in [5.41, 5.74) is 1.05. The third kappa shape index (κ3) is 4.93. The van der Waals surface area contributed by atoms with Gasteiger partial charge in [-0.25, -0.2) is 12.7 Å². The van der Waals surface area contributed by atoms with Gasteiger partial charge in [-0.15, -0.1) is 12.4 Å². The second-order valence-corrected chi connectivity index (χ2v) is 7.47. The fraction of sp³-hybridized carbons (Fsp3) is 0.571. The second-order valence-electron chi connectivity index (χ2n) is 5.31. The van der Waals surface area contributed by atoms with Crippen LogP contribution in [0.4, 0.5) is 0 Å². The Balaban J connectivity index is 0.00000220. The molecule has 5 nitrogen and oxygen atoms in total. The molecule has 0 radical (unpaired) electrons. The number of sulfonamides is 1. The molecule has 1 aliphatic heterocycles. The predicted octanol–water partition coefficient (Wildman–Crippen LogP) is 1.15. The highest BCUT2D eigenvalue weighted by molar-refractivity contribution is 7.89. The number of nitrogens with one attached hydrogen (secondary N) is 1. The van der Waals surface area contributed by atoms with Gasteiger partial charge >= 0.3 is 0 Å². The molecule has 1 aromatic rings. The molecule has 1 aromatic carbocycles. The van der Waals surface area contributed by atoms with E-state index in [9.17, 15) is 8.42 Å². The number of rotatable bonds is 4. The van der Waals surface area contributed by atoms with Crippen LogP contribution in [-0.2, 0) is 16.6 Å². The van der Waals surface area contributed by atoms with Gasteiger partial charge in [-0.2, -0.15) is 0 Å². The smallest absolute Gasteiger partial charge is 0.242 e. The van der Waals surface area contributed by atoms with Gasteiger partial charge < -0.3 is 5.32 Å². The molecule has 0 spiro atoms. The fourth-order valence-electron chi connectivity index (χ4n) is 2.33. The summed E-state index contributed by atoms with van der Waals surface area (Å²) in [5.74, 6) is 0. The van der Waals surface area contributed by atoms with Crippen molar-refractivity contribution >= 4 is 22.4 Å². The van der Waals surface area contributed by atoms with Crippen molar-refractivity contribution in [3.63, 3.8) is 0 Å². The minimum Gasteiger partial charge on any atom is -0.315 e. The maximum atomic E-state index is 12.1. The van der Waals surface area contributed by atoms with Gasteiger partial charge in [0.2, 0.25) is 10.0 Å². The zero-order chi connectivity index (χ0) is 14.6. The molecule has 1 heterocycles. The van der Waals surface area contributed by atoms with Crippen molar-refractivity contribution in [2.45, 2.75) is 17.9 Å². The lowest BCUT2D eigenvalue weighted by molar-refractivity contribution is 0.284. The lowest BCUT2D eigenvalue weighted by Crippen LogP contribution is -2.28. The standard InChI is InChI=1S/C14H23N3O2S.ClH/c1-16(2)20(18,19)14-6-3-5-13(11-14)12-17-9-4-7-15-8-10-17;/h3,5-6,11,15H,4,7-10,12H2,1-2H3;1H. The molecule has 0 unspecified atom stereocenters. The molecular formula is C14H24ClN3O2S. The minimum absolute atomic E-state index is 0. The largest absolute Gasteiger partial charge is 0.315 e. The minimum atomic E-state index is -3.34. The molecule has 0 aliphatic carbocycles. The first-order valence-electron chi connectivity index (χ1n) is 6.95. The molecule has 1 aliphatic rings. The number of benzene rings is 1. The summed E-state index contributed by atoms with van der Waals surface area (Å²) in [6, 6.07) is 7.26. The van der Waals surface area contributed by atoms with Crippen LogP contribution in [0.1, 0.15) is 12.0 Å². The Labute approximate surface area is 133 Å². The molecule has 1 saturated heterocycles. The molecule has 0 atom stereocenters. The first kappa shape index (κ1) is 18.4. The summed E-state index contributed by atoms with van der Waals surface area (Å²) in [6.07, 6.45) is 1.13. The molecule has 0 bridgehead atoms. The van der Waals surface area contributed by atoms with E-state index in [1.807, 2.05) is 12.1 Å². The van der Waals surface area contributed by atoms with E-state index in [1.165, 1.54) is 4.31 Å². The first-order chi connectivity index (χ1) is 9.50. The molecule has 0 aromatic heterocycles. The molecule has 120 valence electrons. The Kier molecular flexibility index (Phi) is 7.09. The van der Waals surface area contributed by atoms with E-state index in [2.05, 4.69) is 10.2 Å². The lowest BCUT2D eigenvalue weighted by Gasteiger charge is -2.20. The van der Waals surface area contributed by atoms with Crippen molar-refractivity contribution in [2.24, 2.45) is 0 Å². The molecule has 1 N–H and O–H groups in total. The van der Waals surface area contributed by atoms with Crippen molar-refractivity contribution < 1.29 is 8.42 Å². The SMILES string of the molecule is CN(C)S(=O)(=O)c1cccc(CN2CCCNCC2)c1.Cl. The summed E-state index contributed by atoms with van der Waals surface area (Å²) in [6.45, 7) is 4.92. The predicted molar refractivity (Wildman–Crippen MR) is 87.3 cm³/mol. The molecule has 1 fully saturated rings. The molecule has 0 amide bonds. The Hall–Kier alpha value is -0.660. The van der Waals surface area contributed by atoms with Crippen molar-refractivity contribution in [2.75, 3.05) is 40.3 Å². The second kappa shape index (κ2) is 8.10. The van der Waals surface area contributed by atoms with E-state index in [-0.39, 0.29) is 12.4 Å². The summed E-state index contributed by atoms with van der Waals surface area (Å²) in [4.78, 5) is 2.73. The molecule has 7 heteroatoms. The van der Waals surface area contributed by atoms with Gasteiger partial charge in [-0.05, 0) is 37.2 Å². The topological polar surface area (TPSA) is 52.7 Å². The van der Waals surface area contributed by atoms with E-state index < -0.39 is 10.0 Å². The van der Waals surface area contributed by atoms with Crippen LogP contribution in [0.2, 0.25) is 0 Å². The summed E-state index contributed by atoms with van der Waals surface area (Å²) in [5, 5.41) is 3.37. The van der Waals surface area contributed by atoms with Crippen LogP contribution in [0, 0.1) is 0 Å². The highest BCUT2D eigenvalue weighted by Crippen LogP contribution is 2.16. The number of halogens is 1. The van der Waals surface area contributed by atoms with E-state index in [1.54, 1.807) is 26.2 Å². The van der Waals surface area contributed by atoms with Gasteiger partial charge in [0, 0.05) is 33.7 Å². The summed E-state index contributed by atoms with van der Waals surface area (Å²) < 4.78 is 25.5. The van der Waals surface area contributed by atoms with Crippen molar-refractivity contribution in [3.8, 4) is 0 Å². The van der Waals surface area contributed by atoms with Crippen LogP contribution in [-0.4, -0.2) is 57.9 Å². The van der Waals surface area contributed by atoms with Gasteiger partial charge in [0.1, 0.15) is 0 Å². The third-order valence-electron chi connectivity index (χ3n) is 3.52. The molecule has 2 rings (SSSR count). The van der Waals surface area contributed by atoms with Crippen LogP contribution >= 0.6 is 12.4 Å². The Morgan fingerprint density at radius 1 is 1.24 bits per heavy atom. The maximum Gasteiger partial charge on any atom is 0.242 e. The zero-order valence-electron chi connectivity index (χ0n) is 12.6. The Morgan fingerprint density at radius 3 is 2.71 bits per heavy atom. The highest BCUT2D eigenvalue weighted by atomic mass is 35.5. The summed E-state index contributed by atoms with van der Waals surface area (Å²) >= 11 is 0. The highest BCUT2D eigenvalue weighted by Gasteiger charge is 2.17. The average molecular weight is 334 g/mol. The van der Waals surface area contributed by atoms with E-state index in [4.69, 9.17) is 0 Å². The first-order valence-corrected chi connectivity index (χ1v) is 8.39. The Bertz CT molecular complexity index is 541. The van der Waals surface area contributed by atoms with Gasteiger partial charge in [-0.3, -0.25) is 4.90 Å². The number of nitrogens with zero attached hydrogens (tertiary/aromatic N) is 2. The lowest BCUT2D eigenvalue weighted by atomic mass is 10.2. The van der Waals surface area contributed by atoms with Crippen LogP contribution in [0.5, 0.6) is 0 Å². The van der Waals surface area contributed by atoms with Crippen molar-refractivity contribution in [1.82, 2.24) is 14.5 Å². The fourth-order valence-corrected chi connectivity index (χ4v) is 3.31. The Morgan fingerprint density at radius 2 is 2.00 bits per heavy atom. The van der Waals surface area contributed by atoms with E-state index in [0.717, 1.165) is 44.7 Å². The normalized spacial score (nSPS) is 17.3. The molecular weight excluding hydrogens is 310 g/mol. The van der Waals surface area contributed by atoms with E-state index in [0.29, 0.717) is 4.90 Å². The average Bonchev–Trinajstić information content (AvgIpc) is 2.67. The van der Waals surface area contributed by atoms with Gasteiger partial charge in [0.15, 0.2) is 0 Å². The van der Waals surface area contributed by atoms with Crippen LogP contribution in [0.25, 0.3) is 0 Å². The van der Waals surface area contributed by atoms with Crippen molar-refractivity contribution in [1.29, 1.82) is 0 Å². The zero-order valence-corrected chi connectivity index (χ0v) is 14.2. The van der Waals surface area contributed by atoms with Gasteiger partial charge in [-0.1, -0.05) is 12.1 Å². The molecule has 21 heavy (non-hydrogen) atoms. The van der Waals surface area contributed by atoms with Crippen LogP contribution < -0.4 is 5.32 Å². The van der Waals surface area contributed by atoms with Gasteiger partial charge in [0.05, 0.1) is 4.90 Å². The van der Waals surface area contributed by atoms with Gasteiger partial charge in [0.25, 0.3) is 0 Å². The monoisotopic (exact) mass is 333 g/mol.